The molecule has 1 unspecified atom stereocenters. The molecule has 0 aliphatic rings. The minimum absolute atomic E-state index is 0.177. The van der Waals surface area contributed by atoms with E-state index >= 15 is 0 Å². The molecule has 19 heavy (non-hydrogen) atoms. The van der Waals surface area contributed by atoms with Gasteiger partial charge in [-0.25, -0.2) is 0 Å². The molecule has 0 fully saturated rings. The largest absolute Gasteiger partial charge is 0.397 e. The summed E-state index contributed by atoms with van der Waals surface area (Å²) in [6.07, 6.45) is 1.56. The zero-order chi connectivity index (χ0) is 13.8. The number of ether oxygens (including phenoxy) is 1. The van der Waals surface area contributed by atoms with Gasteiger partial charge in [0.05, 0.1) is 18.5 Å². The molecule has 0 spiro atoms. The fourth-order valence-corrected chi connectivity index (χ4v) is 2.69. The van der Waals surface area contributed by atoms with Crippen LogP contribution in [0.2, 0.25) is 0 Å². The van der Waals surface area contributed by atoms with Gasteiger partial charge in [-0.1, -0.05) is 6.92 Å². The van der Waals surface area contributed by atoms with Gasteiger partial charge in [-0.15, -0.1) is 16.4 Å². The molecule has 3 N–H and O–H groups in total. The first-order chi connectivity index (χ1) is 9.13. The Hall–Kier alpha value is -1.73. The first kappa shape index (κ1) is 13.7. The van der Waals surface area contributed by atoms with Gasteiger partial charge in [0.15, 0.2) is 0 Å². The van der Waals surface area contributed by atoms with Crippen LogP contribution in [0.3, 0.4) is 0 Å². The number of rotatable bonds is 5. The van der Waals surface area contributed by atoms with Gasteiger partial charge >= 0.3 is 0 Å². The van der Waals surface area contributed by atoms with E-state index in [-0.39, 0.29) is 11.8 Å². The normalized spacial score (nSPS) is 12.5. The summed E-state index contributed by atoms with van der Waals surface area (Å²) >= 11 is 1.26. The zero-order valence-electron chi connectivity index (χ0n) is 10.8. The molecule has 0 aliphatic heterocycles. The van der Waals surface area contributed by atoms with Crippen LogP contribution in [-0.2, 0) is 4.74 Å². The molecule has 0 radical (unpaired) electrons. The SMILES string of the molecule is COCC(C)CNC(=O)c1sc2nnccc2c1N. The third kappa shape index (κ3) is 2.99. The fourth-order valence-electron chi connectivity index (χ4n) is 1.73. The minimum Gasteiger partial charge on any atom is -0.397 e. The van der Waals surface area contributed by atoms with Crippen molar-refractivity contribution >= 4 is 33.1 Å². The number of thiophene rings is 1. The Kier molecular flexibility index (Phi) is 4.28. The third-order valence-electron chi connectivity index (χ3n) is 2.69. The van der Waals surface area contributed by atoms with Crippen molar-refractivity contribution in [1.29, 1.82) is 0 Å². The molecule has 1 amide bonds. The molecule has 0 aromatic carbocycles. The van der Waals surface area contributed by atoms with Gasteiger partial charge in [0.25, 0.3) is 5.91 Å². The molecule has 2 aromatic heterocycles. The van der Waals surface area contributed by atoms with Crippen molar-refractivity contribution in [3.05, 3.63) is 17.1 Å². The van der Waals surface area contributed by atoms with Crippen molar-refractivity contribution in [3.8, 4) is 0 Å². The predicted octanol–water partition coefficient (Wildman–Crippen LogP) is 1.29. The average molecular weight is 280 g/mol. The van der Waals surface area contributed by atoms with E-state index in [0.717, 1.165) is 5.39 Å². The smallest absolute Gasteiger partial charge is 0.263 e. The summed E-state index contributed by atoms with van der Waals surface area (Å²) in [5, 5.41) is 11.4. The number of hydrogen-bond acceptors (Lipinski definition) is 6. The van der Waals surface area contributed by atoms with E-state index in [0.29, 0.717) is 28.5 Å². The highest BCUT2D eigenvalue weighted by Gasteiger charge is 2.17. The number of hydrogen-bond donors (Lipinski definition) is 2. The Bertz CT molecular complexity index is 584. The van der Waals surface area contributed by atoms with Crippen LogP contribution in [0.1, 0.15) is 16.6 Å². The number of nitrogens with one attached hydrogen (secondary N) is 1. The van der Waals surface area contributed by atoms with Gasteiger partial charge in [0, 0.05) is 19.0 Å². The summed E-state index contributed by atoms with van der Waals surface area (Å²) in [6.45, 7) is 3.16. The lowest BCUT2D eigenvalue weighted by Gasteiger charge is -2.10. The zero-order valence-corrected chi connectivity index (χ0v) is 11.7. The van der Waals surface area contributed by atoms with Crippen LogP contribution in [0.25, 0.3) is 10.2 Å². The number of nitrogens with two attached hydrogens (primary N) is 1. The highest BCUT2D eigenvalue weighted by Crippen LogP contribution is 2.31. The Labute approximate surface area is 115 Å². The number of carbonyl (C=O) groups excluding carboxylic acids is 1. The van der Waals surface area contributed by atoms with Gasteiger partial charge in [0.2, 0.25) is 0 Å². The van der Waals surface area contributed by atoms with Crippen LogP contribution in [-0.4, -0.2) is 36.4 Å². The third-order valence-corrected chi connectivity index (χ3v) is 3.79. The van der Waals surface area contributed by atoms with E-state index in [1.165, 1.54) is 11.3 Å². The second-order valence-electron chi connectivity index (χ2n) is 4.37. The summed E-state index contributed by atoms with van der Waals surface area (Å²) in [5.74, 6) is 0.0767. The van der Waals surface area contributed by atoms with Gasteiger partial charge < -0.3 is 15.8 Å². The lowest BCUT2D eigenvalue weighted by Crippen LogP contribution is -2.29. The Morgan fingerprint density at radius 2 is 2.42 bits per heavy atom. The Balaban J connectivity index is 2.11. The average Bonchev–Trinajstić information content (AvgIpc) is 2.74. The first-order valence-electron chi connectivity index (χ1n) is 5.90. The van der Waals surface area contributed by atoms with Crippen LogP contribution in [0.4, 0.5) is 5.69 Å². The minimum atomic E-state index is -0.177. The lowest BCUT2D eigenvalue weighted by atomic mass is 10.2. The van der Waals surface area contributed by atoms with E-state index < -0.39 is 0 Å². The second kappa shape index (κ2) is 5.94. The maximum absolute atomic E-state index is 12.1. The maximum Gasteiger partial charge on any atom is 0.263 e. The van der Waals surface area contributed by atoms with Gasteiger partial charge in [-0.05, 0) is 12.0 Å². The first-order valence-corrected chi connectivity index (χ1v) is 6.72. The van der Waals surface area contributed by atoms with E-state index in [1.807, 2.05) is 6.92 Å². The van der Waals surface area contributed by atoms with E-state index in [2.05, 4.69) is 15.5 Å². The quantitative estimate of drug-likeness (QED) is 0.861. The maximum atomic E-state index is 12.1. The molecule has 102 valence electrons. The standard InChI is InChI=1S/C12H16N4O2S/c1-7(6-18-2)5-14-11(17)10-9(13)8-3-4-15-16-12(8)19-10/h3-4,7H,5-6,13H2,1-2H3,(H,14,17). The van der Waals surface area contributed by atoms with Crippen LogP contribution in [0, 0.1) is 5.92 Å². The fraction of sp³-hybridized carbons (Fsp3) is 0.417. The number of fused-ring (bicyclic) bond motifs is 1. The molecule has 7 heteroatoms. The summed E-state index contributed by atoms with van der Waals surface area (Å²) < 4.78 is 5.02. The number of nitrogen functional groups attached to an aromatic ring is 1. The number of nitrogens with zero attached hydrogens (tertiary/aromatic N) is 2. The molecule has 2 rings (SSSR count). The molecule has 6 nitrogen and oxygen atoms in total. The Morgan fingerprint density at radius 3 is 3.11 bits per heavy atom. The topological polar surface area (TPSA) is 90.1 Å². The van der Waals surface area contributed by atoms with Crippen LogP contribution in [0.5, 0.6) is 0 Å². The molecule has 0 saturated carbocycles. The highest BCUT2D eigenvalue weighted by molar-refractivity contribution is 7.21. The number of anilines is 1. The van der Waals surface area contributed by atoms with Crippen LogP contribution in [0.15, 0.2) is 12.3 Å². The van der Waals surface area contributed by atoms with Crippen molar-refractivity contribution in [2.75, 3.05) is 26.0 Å². The van der Waals surface area contributed by atoms with Crippen molar-refractivity contribution < 1.29 is 9.53 Å². The van der Waals surface area contributed by atoms with Crippen molar-refractivity contribution in [1.82, 2.24) is 15.5 Å². The van der Waals surface area contributed by atoms with E-state index in [9.17, 15) is 4.79 Å². The molecule has 1 atom stereocenters. The summed E-state index contributed by atoms with van der Waals surface area (Å²) in [7, 11) is 1.64. The molecular weight excluding hydrogens is 264 g/mol. The molecule has 0 saturated heterocycles. The van der Waals surface area contributed by atoms with Crippen LogP contribution < -0.4 is 11.1 Å². The number of carbonyl (C=O) groups is 1. The van der Waals surface area contributed by atoms with E-state index in [4.69, 9.17) is 10.5 Å². The predicted molar refractivity (Wildman–Crippen MR) is 75.2 cm³/mol. The van der Waals surface area contributed by atoms with Crippen molar-refractivity contribution in [2.24, 2.45) is 5.92 Å². The number of amides is 1. The molecule has 0 aliphatic carbocycles. The summed E-state index contributed by atoms with van der Waals surface area (Å²) in [4.78, 5) is 13.2. The summed E-state index contributed by atoms with van der Waals surface area (Å²) in [6, 6.07) is 1.76. The Morgan fingerprint density at radius 1 is 1.63 bits per heavy atom. The van der Waals surface area contributed by atoms with Crippen molar-refractivity contribution in [3.63, 3.8) is 0 Å². The van der Waals surface area contributed by atoms with Gasteiger partial charge in [-0.3, -0.25) is 4.79 Å². The number of aromatic nitrogens is 2. The molecule has 2 aromatic rings. The van der Waals surface area contributed by atoms with Gasteiger partial charge in [0.1, 0.15) is 9.71 Å². The molecule has 2 heterocycles. The summed E-state index contributed by atoms with van der Waals surface area (Å²) in [5.41, 5.74) is 6.43. The van der Waals surface area contributed by atoms with E-state index in [1.54, 1.807) is 19.4 Å². The molecule has 0 bridgehead atoms. The second-order valence-corrected chi connectivity index (χ2v) is 5.36. The van der Waals surface area contributed by atoms with Crippen molar-refractivity contribution in [2.45, 2.75) is 6.92 Å². The highest BCUT2D eigenvalue weighted by atomic mass is 32.1. The van der Waals surface area contributed by atoms with Crippen LogP contribution >= 0.6 is 11.3 Å². The monoisotopic (exact) mass is 280 g/mol. The lowest BCUT2D eigenvalue weighted by molar-refractivity contribution is 0.0939. The van der Waals surface area contributed by atoms with Gasteiger partial charge in [-0.2, -0.15) is 5.10 Å². The molecular formula is C12H16N4O2S. The number of methoxy groups -OCH3 is 1.